The van der Waals surface area contributed by atoms with Crippen LogP contribution < -0.4 is 0 Å². The normalized spacial score (nSPS) is 12.0. The molecule has 0 radical (unpaired) electrons. The Kier molecular flexibility index (Phi) is 9.46. The molecule has 0 aliphatic heterocycles. The lowest BCUT2D eigenvalue weighted by molar-refractivity contribution is 0.484. The SMILES string of the molecule is CCCCCCCc1cc(S(=O)(=O)O)c2ccccc2c1CCCCCCC. The van der Waals surface area contributed by atoms with E-state index in [9.17, 15) is 13.0 Å². The van der Waals surface area contributed by atoms with E-state index in [1.54, 1.807) is 6.07 Å². The highest BCUT2D eigenvalue weighted by Crippen LogP contribution is 2.31. The summed E-state index contributed by atoms with van der Waals surface area (Å²) in [5.74, 6) is 0. The molecular formula is C24H36O3S. The molecule has 0 bridgehead atoms. The third kappa shape index (κ3) is 6.59. The molecule has 0 unspecified atom stereocenters. The molecule has 0 atom stereocenters. The first-order valence-corrected chi connectivity index (χ1v) is 12.4. The molecule has 0 aliphatic rings. The molecule has 0 aromatic heterocycles. The van der Waals surface area contributed by atoms with Crippen LogP contribution in [0.25, 0.3) is 10.8 Å². The summed E-state index contributed by atoms with van der Waals surface area (Å²) in [6.07, 6.45) is 13.8. The van der Waals surface area contributed by atoms with E-state index in [2.05, 4.69) is 13.8 Å². The fourth-order valence-corrected chi connectivity index (χ4v) is 4.76. The molecule has 28 heavy (non-hydrogen) atoms. The van der Waals surface area contributed by atoms with Gasteiger partial charge in [0, 0.05) is 5.39 Å². The van der Waals surface area contributed by atoms with Crippen LogP contribution in [0.1, 0.15) is 89.2 Å². The van der Waals surface area contributed by atoms with Gasteiger partial charge >= 0.3 is 0 Å². The third-order valence-electron chi connectivity index (χ3n) is 5.57. The van der Waals surface area contributed by atoms with Crippen molar-refractivity contribution in [2.75, 3.05) is 0 Å². The maximum atomic E-state index is 12.0. The second-order valence-electron chi connectivity index (χ2n) is 7.86. The third-order valence-corrected chi connectivity index (χ3v) is 6.46. The Morgan fingerprint density at radius 2 is 1.29 bits per heavy atom. The molecule has 156 valence electrons. The maximum absolute atomic E-state index is 12.0. The quantitative estimate of drug-likeness (QED) is 0.286. The van der Waals surface area contributed by atoms with Crippen LogP contribution in [0.2, 0.25) is 0 Å². The van der Waals surface area contributed by atoms with Gasteiger partial charge in [0.2, 0.25) is 0 Å². The molecule has 0 fully saturated rings. The maximum Gasteiger partial charge on any atom is 0.295 e. The van der Waals surface area contributed by atoms with Crippen LogP contribution in [0.5, 0.6) is 0 Å². The molecule has 2 aromatic rings. The smallest absolute Gasteiger partial charge is 0.282 e. The zero-order chi connectivity index (χ0) is 20.4. The first-order chi connectivity index (χ1) is 13.5. The van der Waals surface area contributed by atoms with E-state index in [0.717, 1.165) is 43.1 Å². The molecular weight excluding hydrogens is 368 g/mol. The van der Waals surface area contributed by atoms with Crippen molar-refractivity contribution in [1.29, 1.82) is 0 Å². The minimum Gasteiger partial charge on any atom is -0.282 e. The fourth-order valence-electron chi connectivity index (χ4n) is 4.01. The Morgan fingerprint density at radius 3 is 1.86 bits per heavy atom. The first kappa shape index (κ1) is 22.9. The summed E-state index contributed by atoms with van der Waals surface area (Å²) in [5, 5.41) is 1.62. The molecule has 0 amide bonds. The second kappa shape index (κ2) is 11.6. The van der Waals surface area contributed by atoms with Gasteiger partial charge in [0.15, 0.2) is 0 Å². The Labute approximate surface area is 171 Å². The molecule has 0 heterocycles. The van der Waals surface area contributed by atoms with E-state index in [-0.39, 0.29) is 4.90 Å². The number of hydrogen-bond donors (Lipinski definition) is 1. The second-order valence-corrected chi connectivity index (χ2v) is 9.25. The summed E-state index contributed by atoms with van der Waals surface area (Å²) >= 11 is 0. The summed E-state index contributed by atoms with van der Waals surface area (Å²) in [7, 11) is -4.24. The van der Waals surface area contributed by atoms with Gasteiger partial charge in [-0.3, -0.25) is 4.55 Å². The Hall–Kier alpha value is -1.39. The van der Waals surface area contributed by atoms with Crippen LogP contribution in [0.3, 0.4) is 0 Å². The van der Waals surface area contributed by atoms with Gasteiger partial charge in [-0.1, -0.05) is 89.5 Å². The molecule has 0 aliphatic carbocycles. The highest BCUT2D eigenvalue weighted by molar-refractivity contribution is 7.86. The predicted molar refractivity (Wildman–Crippen MR) is 119 cm³/mol. The molecule has 3 nitrogen and oxygen atoms in total. The Morgan fingerprint density at radius 1 is 0.750 bits per heavy atom. The van der Waals surface area contributed by atoms with Gasteiger partial charge in [0.05, 0.1) is 0 Å². The molecule has 1 N–H and O–H groups in total. The Bertz CT molecular complexity index is 840. The van der Waals surface area contributed by atoms with E-state index in [1.807, 2.05) is 24.3 Å². The lowest BCUT2D eigenvalue weighted by atomic mass is 9.91. The van der Waals surface area contributed by atoms with Gasteiger partial charge in [-0.05, 0) is 48.3 Å². The van der Waals surface area contributed by atoms with Crippen LogP contribution >= 0.6 is 0 Å². The summed E-state index contributed by atoms with van der Waals surface area (Å²) < 4.78 is 33.8. The van der Waals surface area contributed by atoms with E-state index in [0.29, 0.717) is 5.39 Å². The molecule has 2 rings (SSSR count). The lowest BCUT2D eigenvalue weighted by Gasteiger charge is -2.16. The molecule has 0 spiro atoms. The van der Waals surface area contributed by atoms with Crippen molar-refractivity contribution in [1.82, 2.24) is 0 Å². The van der Waals surface area contributed by atoms with Gasteiger partial charge in [-0.2, -0.15) is 8.42 Å². The summed E-state index contributed by atoms with van der Waals surface area (Å²) in [6.45, 7) is 4.43. The number of fused-ring (bicyclic) bond motifs is 1. The van der Waals surface area contributed by atoms with Gasteiger partial charge in [0.25, 0.3) is 10.1 Å². The topological polar surface area (TPSA) is 54.4 Å². The van der Waals surface area contributed by atoms with E-state index in [4.69, 9.17) is 0 Å². The summed E-state index contributed by atoms with van der Waals surface area (Å²) in [5.41, 5.74) is 2.37. The number of benzene rings is 2. The standard InChI is InChI=1S/C24H36O3S/c1-3-5-7-9-11-15-20-19-24(28(25,26)27)23-18-14-13-17-22(23)21(20)16-12-10-8-6-4-2/h13-14,17-19H,3-12,15-16H2,1-2H3,(H,25,26,27). The average Bonchev–Trinajstić information content (AvgIpc) is 2.67. The van der Waals surface area contributed by atoms with Crippen molar-refractivity contribution < 1.29 is 13.0 Å². The van der Waals surface area contributed by atoms with E-state index >= 15 is 0 Å². The van der Waals surface area contributed by atoms with Gasteiger partial charge in [-0.25, -0.2) is 0 Å². The number of aryl methyl sites for hydroxylation is 2. The van der Waals surface area contributed by atoms with Crippen LogP contribution in [0, 0.1) is 0 Å². The average molecular weight is 405 g/mol. The first-order valence-electron chi connectivity index (χ1n) is 11.0. The zero-order valence-electron chi connectivity index (χ0n) is 17.5. The van der Waals surface area contributed by atoms with Crippen molar-refractivity contribution in [3.63, 3.8) is 0 Å². The largest absolute Gasteiger partial charge is 0.295 e. The lowest BCUT2D eigenvalue weighted by Crippen LogP contribution is -2.05. The van der Waals surface area contributed by atoms with Crippen LogP contribution in [0.4, 0.5) is 0 Å². The molecule has 4 heteroatoms. The number of hydrogen-bond acceptors (Lipinski definition) is 2. The monoisotopic (exact) mass is 404 g/mol. The molecule has 2 aromatic carbocycles. The van der Waals surface area contributed by atoms with Crippen LogP contribution in [-0.2, 0) is 23.0 Å². The Balaban J connectivity index is 2.33. The van der Waals surface area contributed by atoms with Gasteiger partial charge < -0.3 is 0 Å². The zero-order valence-corrected chi connectivity index (χ0v) is 18.4. The molecule has 0 saturated carbocycles. The highest BCUT2D eigenvalue weighted by atomic mass is 32.2. The highest BCUT2D eigenvalue weighted by Gasteiger charge is 2.19. The summed E-state index contributed by atoms with van der Waals surface area (Å²) in [4.78, 5) is 0.0568. The van der Waals surface area contributed by atoms with Crippen LogP contribution in [0.15, 0.2) is 35.2 Å². The predicted octanol–water partition coefficient (Wildman–Crippen LogP) is 7.11. The minimum atomic E-state index is -4.24. The van der Waals surface area contributed by atoms with Crippen LogP contribution in [-0.4, -0.2) is 13.0 Å². The number of rotatable bonds is 13. The van der Waals surface area contributed by atoms with Crippen molar-refractivity contribution in [2.45, 2.75) is 95.8 Å². The van der Waals surface area contributed by atoms with E-state index in [1.165, 1.54) is 50.5 Å². The van der Waals surface area contributed by atoms with E-state index < -0.39 is 10.1 Å². The van der Waals surface area contributed by atoms with Gasteiger partial charge in [0.1, 0.15) is 4.90 Å². The van der Waals surface area contributed by atoms with Gasteiger partial charge in [-0.15, -0.1) is 0 Å². The van der Waals surface area contributed by atoms with Crippen molar-refractivity contribution in [3.05, 3.63) is 41.5 Å². The number of unbranched alkanes of at least 4 members (excludes halogenated alkanes) is 8. The van der Waals surface area contributed by atoms with Crippen molar-refractivity contribution >= 4 is 20.9 Å². The fraction of sp³-hybridized carbons (Fsp3) is 0.583. The summed E-state index contributed by atoms with van der Waals surface area (Å²) in [6, 6.07) is 9.35. The minimum absolute atomic E-state index is 0.0568. The van der Waals surface area contributed by atoms with Crippen molar-refractivity contribution in [3.8, 4) is 0 Å². The molecule has 0 saturated heterocycles. The van der Waals surface area contributed by atoms with Crippen molar-refractivity contribution in [2.24, 2.45) is 0 Å².